The quantitative estimate of drug-likeness (QED) is 0.0241. The van der Waals surface area contributed by atoms with Crippen LogP contribution in [0.3, 0.4) is 0 Å². The minimum absolute atomic E-state index is 0.0162. The lowest BCUT2D eigenvalue weighted by Crippen LogP contribution is -2.31. The van der Waals surface area contributed by atoms with Gasteiger partial charge in [0, 0.05) is 69.2 Å². The van der Waals surface area contributed by atoms with Crippen molar-refractivity contribution in [1.29, 1.82) is 0 Å². The number of nitrogens with one attached hydrogen (secondary N) is 1. The van der Waals surface area contributed by atoms with Gasteiger partial charge < -0.3 is 34.2 Å². The molecule has 4 aromatic carbocycles. The lowest BCUT2D eigenvalue weighted by atomic mass is 10.1. The molecule has 0 saturated heterocycles. The SMILES string of the molecule is CN(CCCOc1cccc(/C=N/NC(=O)c2ccc(COC(=O)CCCN(C)S(=O)(=O)c3cccc4c(N(C)C)cccc34)cc2)c1)CCC(O)([P+](=O)O)P(=O)(O)O. The summed E-state index contributed by atoms with van der Waals surface area (Å²) < 4.78 is 62.2. The zero-order valence-electron chi connectivity index (χ0n) is 33.2. The fraction of sp³-hybridized carbons (Fsp3) is 0.359. The van der Waals surface area contributed by atoms with Gasteiger partial charge in [0.25, 0.3) is 5.91 Å². The maximum absolute atomic E-state index is 13.5. The third-order valence-electron chi connectivity index (χ3n) is 9.29. The molecule has 4 aromatic rings. The lowest BCUT2D eigenvalue weighted by Gasteiger charge is -2.21. The second-order valence-electron chi connectivity index (χ2n) is 13.9. The first-order chi connectivity index (χ1) is 27.8. The number of hydrogen-bond donors (Lipinski definition) is 5. The standard InChI is InChI=1S/C39H49N5O12P2S/c1-42(2)35-14-6-13-34-33(35)12-7-15-36(34)59(53,54)44(4)23-8-16-37(45)56-28-29-17-19-31(20-18-29)38(46)41-40-27-30-10-5-11-32(26-30)55-25-9-22-43(3)24-21-39(47,57(48)49)58(50,51)52/h5-7,10-15,17-20,26-27,47H,8-9,16,21-25,28H2,1-4H3,(H3-,41,46,48,49,50,51,52)/p+1/b40-27+. The molecule has 0 aliphatic heterocycles. The van der Waals surface area contributed by atoms with Crippen LogP contribution in [0.2, 0.25) is 0 Å². The van der Waals surface area contributed by atoms with E-state index in [0.717, 1.165) is 11.1 Å². The highest BCUT2D eigenvalue weighted by atomic mass is 32.2. The van der Waals surface area contributed by atoms with Crippen molar-refractivity contribution in [2.45, 2.75) is 42.3 Å². The summed E-state index contributed by atoms with van der Waals surface area (Å²) in [6, 6.07) is 24.1. The van der Waals surface area contributed by atoms with E-state index < -0.39 is 49.0 Å². The molecule has 5 N–H and O–H groups in total. The van der Waals surface area contributed by atoms with Crippen molar-refractivity contribution in [3.63, 3.8) is 0 Å². The summed E-state index contributed by atoms with van der Waals surface area (Å²) in [5, 5.41) is 12.5. The first-order valence-electron chi connectivity index (χ1n) is 18.4. The van der Waals surface area contributed by atoms with E-state index in [1.807, 2.05) is 37.2 Å². The molecular weight excluding hydrogens is 824 g/mol. The molecular formula is C39H50N5O12P2S+. The number of hydrazone groups is 1. The number of benzene rings is 4. The fourth-order valence-corrected chi connectivity index (χ4v) is 8.83. The number of hydrogen-bond acceptors (Lipinski definition) is 12. The Morgan fingerprint density at radius 2 is 1.59 bits per heavy atom. The van der Waals surface area contributed by atoms with E-state index in [9.17, 15) is 46.9 Å². The first-order valence-corrected chi connectivity index (χ1v) is 22.7. The number of nitrogens with zero attached hydrogens (tertiary/aromatic N) is 4. The summed E-state index contributed by atoms with van der Waals surface area (Å²) in [6.07, 6.45) is 1.63. The number of carbonyl (C=O) groups excluding carboxylic acids is 2. The molecule has 0 aromatic heterocycles. The van der Waals surface area contributed by atoms with Gasteiger partial charge in [0.05, 0.1) is 24.1 Å². The second kappa shape index (κ2) is 21.1. The van der Waals surface area contributed by atoms with Crippen LogP contribution in [0.15, 0.2) is 94.9 Å². The highest BCUT2D eigenvalue weighted by Crippen LogP contribution is 2.61. The molecule has 0 bridgehead atoms. The number of rotatable bonds is 22. The van der Waals surface area contributed by atoms with Gasteiger partial charge in [0.15, 0.2) is 0 Å². The lowest BCUT2D eigenvalue weighted by molar-refractivity contribution is -0.145. The normalized spacial score (nSPS) is 13.4. The summed E-state index contributed by atoms with van der Waals surface area (Å²) in [4.78, 5) is 56.7. The second-order valence-corrected chi connectivity index (χ2v) is 19.4. The predicted molar refractivity (Wildman–Crippen MR) is 224 cm³/mol. The maximum Gasteiger partial charge on any atom is 0.554 e. The Morgan fingerprint density at radius 1 is 0.915 bits per heavy atom. The van der Waals surface area contributed by atoms with Crippen LogP contribution in [0.25, 0.3) is 10.8 Å². The van der Waals surface area contributed by atoms with Crippen molar-refractivity contribution in [1.82, 2.24) is 14.6 Å². The van der Waals surface area contributed by atoms with Gasteiger partial charge in [-0.25, -0.2) is 18.1 Å². The molecule has 0 radical (unpaired) electrons. The minimum Gasteiger partial charge on any atom is -0.494 e. The molecule has 0 aliphatic rings. The van der Waals surface area contributed by atoms with Gasteiger partial charge in [0.1, 0.15) is 12.4 Å². The summed E-state index contributed by atoms with van der Waals surface area (Å²) in [5.74, 6) is -0.418. The molecule has 2 atom stereocenters. The van der Waals surface area contributed by atoms with Crippen LogP contribution in [-0.2, 0) is 35.3 Å². The van der Waals surface area contributed by atoms with Gasteiger partial charge in [-0.1, -0.05) is 48.5 Å². The number of sulfonamides is 1. The van der Waals surface area contributed by atoms with Crippen molar-refractivity contribution in [2.75, 3.05) is 59.3 Å². The molecule has 59 heavy (non-hydrogen) atoms. The zero-order chi connectivity index (χ0) is 43.4. The minimum atomic E-state index is -5.22. The number of ether oxygens (including phenoxy) is 2. The summed E-state index contributed by atoms with van der Waals surface area (Å²) in [6.45, 7) is 0.756. The van der Waals surface area contributed by atoms with E-state index >= 15 is 0 Å². The van der Waals surface area contributed by atoms with Crippen molar-refractivity contribution < 1.29 is 56.4 Å². The molecule has 20 heteroatoms. The van der Waals surface area contributed by atoms with Crippen molar-refractivity contribution in [3.05, 3.63) is 102 Å². The molecule has 1 amide bonds. The highest BCUT2D eigenvalue weighted by Gasteiger charge is 2.62. The number of carbonyl (C=O) groups is 2. The van der Waals surface area contributed by atoms with Crippen LogP contribution in [0.4, 0.5) is 5.69 Å². The Morgan fingerprint density at radius 3 is 2.27 bits per heavy atom. The first kappa shape index (κ1) is 47.1. The van der Waals surface area contributed by atoms with Gasteiger partial charge in [0.2, 0.25) is 10.0 Å². The topological polar surface area (TPSA) is 236 Å². The van der Waals surface area contributed by atoms with Gasteiger partial charge >= 0.3 is 26.7 Å². The van der Waals surface area contributed by atoms with Crippen molar-refractivity contribution >= 4 is 60.2 Å². The molecule has 17 nitrogen and oxygen atoms in total. The monoisotopic (exact) mass is 874 g/mol. The summed E-state index contributed by atoms with van der Waals surface area (Å²) in [5.41, 5.74) is 4.98. The van der Waals surface area contributed by atoms with Crippen LogP contribution in [0, 0.1) is 0 Å². The third-order valence-corrected chi connectivity index (χ3v) is 14.5. The van der Waals surface area contributed by atoms with E-state index in [-0.39, 0.29) is 44.0 Å². The largest absolute Gasteiger partial charge is 0.554 e. The zero-order valence-corrected chi connectivity index (χ0v) is 35.8. The predicted octanol–water partition coefficient (Wildman–Crippen LogP) is 4.46. The van der Waals surface area contributed by atoms with Gasteiger partial charge in [-0.15, -0.1) is 0 Å². The molecule has 318 valence electrons. The molecule has 0 heterocycles. The van der Waals surface area contributed by atoms with Crippen molar-refractivity contribution in [2.24, 2.45) is 5.10 Å². The number of aliphatic hydroxyl groups is 1. The van der Waals surface area contributed by atoms with Gasteiger partial charge in [-0.3, -0.25) is 14.2 Å². The van der Waals surface area contributed by atoms with Crippen LogP contribution >= 0.6 is 15.6 Å². The Hall–Kier alpha value is -4.61. The third kappa shape index (κ3) is 12.9. The smallest absolute Gasteiger partial charge is 0.494 e. The van der Waals surface area contributed by atoms with Crippen LogP contribution < -0.4 is 15.1 Å². The summed E-state index contributed by atoms with van der Waals surface area (Å²) in [7, 11) is -5.65. The Kier molecular flexibility index (Phi) is 16.8. The number of fused-ring (bicyclic) bond motifs is 1. The van der Waals surface area contributed by atoms with Crippen LogP contribution in [0.1, 0.15) is 47.2 Å². The maximum atomic E-state index is 13.5. The Balaban J connectivity index is 1.16. The summed E-state index contributed by atoms with van der Waals surface area (Å²) >= 11 is 0. The average molecular weight is 875 g/mol. The molecule has 0 spiro atoms. The Labute approximate surface area is 344 Å². The van der Waals surface area contributed by atoms with Gasteiger partial charge in [-0.2, -0.15) is 9.99 Å². The van der Waals surface area contributed by atoms with E-state index in [0.29, 0.717) is 40.8 Å². The van der Waals surface area contributed by atoms with Crippen molar-refractivity contribution in [3.8, 4) is 5.75 Å². The van der Waals surface area contributed by atoms with Crippen LogP contribution in [-0.4, -0.2) is 115 Å². The van der Waals surface area contributed by atoms with Crippen LogP contribution in [0.5, 0.6) is 5.75 Å². The molecule has 2 unspecified atom stereocenters. The van der Waals surface area contributed by atoms with E-state index in [2.05, 4.69) is 10.5 Å². The Bertz CT molecular complexity index is 2290. The van der Waals surface area contributed by atoms with E-state index in [1.54, 1.807) is 78.7 Å². The number of amides is 1. The number of anilines is 1. The average Bonchev–Trinajstić information content (AvgIpc) is 3.19. The van der Waals surface area contributed by atoms with Gasteiger partial charge in [-0.05, 0) is 72.0 Å². The highest BCUT2D eigenvalue weighted by molar-refractivity contribution is 7.89. The van der Waals surface area contributed by atoms with E-state index in [4.69, 9.17) is 9.47 Å². The molecule has 0 saturated carbocycles. The molecule has 4 rings (SSSR count). The number of esters is 1. The fourth-order valence-electron chi connectivity index (χ4n) is 5.85. The molecule has 0 fully saturated rings. The molecule has 0 aliphatic carbocycles. The van der Waals surface area contributed by atoms with E-state index in [1.165, 1.54) is 17.6 Å².